The summed E-state index contributed by atoms with van der Waals surface area (Å²) in [6.45, 7) is 8.61. The van der Waals surface area contributed by atoms with E-state index in [9.17, 15) is 5.11 Å². The molecule has 0 saturated heterocycles. The highest BCUT2D eigenvalue weighted by Gasteiger charge is 2.19. The summed E-state index contributed by atoms with van der Waals surface area (Å²) in [4.78, 5) is 4.29. The second-order valence-corrected chi connectivity index (χ2v) is 5.62. The molecule has 18 heavy (non-hydrogen) atoms. The van der Waals surface area contributed by atoms with Crippen LogP contribution in [0.1, 0.15) is 33.4 Å². The van der Waals surface area contributed by atoms with Crippen LogP contribution in [0.5, 0.6) is 0 Å². The molecule has 0 aliphatic heterocycles. The highest BCUT2D eigenvalue weighted by Crippen LogP contribution is 2.24. The lowest BCUT2D eigenvalue weighted by Crippen LogP contribution is -2.16. The van der Waals surface area contributed by atoms with Gasteiger partial charge in [0.1, 0.15) is 5.52 Å². The SMILES string of the molecule is CC(O)CNc1nccn2nc(C(C)(C)C)cc12. The van der Waals surface area contributed by atoms with Gasteiger partial charge >= 0.3 is 0 Å². The Labute approximate surface area is 107 Å². The summed E-state index contributed by atoms with van der Waals surface area (Å²) in [7, 11) is 0. The molecule has 1 unspecified atom stereocenters. The van der Waals surface area contributed by atoms with E-state index in [1.165, 1.54) is 0 Å². The van der Waals surface area contributed by atoms with E-state index in [2.05, 4.69) is 36.2 Å². The summed E-state index contributed by atoms with van der Waals surface area (Å²) >= 11 is 0. The summed E-state index contributed by atoms with van der Waals surface area (Å²) in [5, 5.41) is 17.0. The van der Waals surface area contributed by atoms with Gasteiger partial charge in [-0.1, -0.05) is 20.8 Å². The van der Waals surface area contributed by atoms with Crippen molar-refractivity contribution >= 4 is 11.3 Å². The molecule has 0 fully saturated rings. The van der Waals surface area contributed by atoms with E-state index in [0.29, 0.717) is 6.54 Å². The fourth-order valence-electron chi connectivity index (χ4n) is 1.67. The molecule has 2 aromatic heterocycles. The van der Waals surface area contributed by atoms with Gasteiger partial charge in [-0.2, -0.15) is 5.10 Å². The van der Waals surface area contributed by atoms with Gasteiger partial charge in [0, 0.05) is 24.4 Å². The van der Waals surface area contributed by atoms with E-state index in [-0.39, 0.29) is 5.41 Å². The Morgan fingerprint density at radius 1 is 1.44 bits per heavy atom. The normalized spacial score (nSPS) is 13.8. The third kappa shape index (κ3) is 2.61. The molecule has 1 atom stereocenters. The number of fused-ring (bicyclic) bond motifs is 1. The van der Waals surface area contributed by atoms with Gasteiger partial charge in [-0.25, -0.2) is 9.50 Å². The van der Waals surface area contributed by atoms with Crippen LogP contribution in [0.4, 0.5) is 5.82 Å². The quantitative estimate of drug-likeness (QED) is 0.869. The molecule has 5 heteroatoms. The van der Waals surface area contributed by atoms with Crippen LogP contribution < -0.4 is 5.32 Å². The minimum Gasteiger partial charge on any atom is -0.392 e. The molecule has 0 spiro atoms. The largest absolute Gasteiger partial charge is 0.392 e. The predicted molar refractivity (Wildman–Crippen MR) is 71.9 cm³/mol. The van der Waals surface area contributed by atoms with Crippen molar-refractivity contribution in [3.8, 4) is 0 Å². The van der Waals surface area contributed by atoms with Gasteiger partial charge in [0.25, 0.3) is 0 Å². The lowest BCUT2D eigenvalue weighted by atomic mass is 9.92. The number of rotatable bonds is 3. The summed E-state index contributed by atoms with van der Waals surface area (Å²) < 4.78 is 1.82. The fourth-order valence-corrected chi connectivity index (χ4v) is 1.67. The molecule has 5 nitrogen and oxygen atoms in total. The number of aliphatic hydroxyl groups is 1. The average molecular weight is 248 g/mol. The van der Waals surface area contributed by atoms with Crippen molar-refractivity contribution in [2.24, 2.45) is 0 Å². The number of anilines is 1. The van der Waals surface area contributed by atoms with Crippen molar-refractivity contribution in [2.45, 2.75) is 39.2 Å². The van der Waals surface area contributed by atoms with Crippen LogP contribution >= 0.6 is 0 Å². The maximum atomic E-state index is 9.31. The van der Waals surface area contributed by atoms with E-state index in [1.807, 2.05) is 16.8 Å². The summed E-state index contributed by atoms with van der Waals surface area (Å²) in [5.41, 5.74) is 1.96. The molecule has 0 aromatic carbocycles. The summed E-state index contributed by atoms with van der Waals surface area (Å²) in [6, 6.07) is 2.04. The average Bonchev–Trinajstić information content (AvgIpc) is 2.69. The molecule has 0 saturated carbocycles. The topological polar surface area (TPSA) is 62.5 Å². The molecular formula is C13H20N4O. The molecule has 2 N–H and O–H groups in total. The van der Waals surface area contributed by atoms with Crippen molar-refractivity contribution < 1.29 is 5.11 Å². The van der Waals surface area contributed by atoms with Crippen LogP contribution in [-0.2, 0) is 5.41 Å². The second-order valence-electron chi connectivity index (χ2n) is 5.62. The molecule has 98 valence electrons. The Bertz CT molecular complexity index is 539. The Morgan fingerprint density at radius 2 is 2.17 bits per heavy atom. The van der Waals surface area contributed by atoms with Crippen molar-refractivity contribution in [3.05, 3.63) is 24.2 Å². The van der Waals surface area contributed by atoms with Crippen molar-refractivity contribution in [1.29, 1.82) is 0 Å². The molecule has 2 heterocycles. The lowest BCUT2D eigenvalue weighted by Gasteiger charge is -2.13. The number of aliphatic hydroxyl groups excluding tert-OH is 1. The standard InChI is InChI=1S/C13H20N4O/c1-9(18)8-15-12-10-7-11(13(2,3)4)16-17(10)6-5-14-12/h5-7,9,18H,8H2,1-4H3,(H,14,15). The predicted octanol–water partition coefficient (Wildman–Crippen LogP) is 1.82. The molecule has 2 aromatic rings. The zero-order chi connectivity index (χ0) is 13.3. The zero-order valence-electron chi connectivity index (χ0n) is 11.3. The monoisotopic (exact) mass is 248 g/mol. The maximum absolute atomic E-state index is 9.31. The van der Waals surface area contributed by atoms with Crippen LogP contribution in [0.15, 0.2) is 18.5 Å². The number of hydrogen-bond acceptors (Lipinski definition) is 4. The Balaban J connectivity index is 2.39. The maximum Gasteiger partial charge on any atom is 0.152 e. The Kier molecular flexibility index (Phi) is 3.26. The van der Waals surface area contributed by atoms with Gasteiger partial charge < -0.3 is 10.4 Å². The summed E-state index contributed by atoms with van der Waals surface area (Å²) in [5.74, 6) is 0.751. The molecule has 0 bridgehead atoms. The third-order valence-electron chi connectivity index (χ3n) is 2.72. The first-order chi connectivity index (χ1) is 8.38. The first-order valence-corrected chi connectivity index (χ1v) is 6.15. The van der Waals surface area contributed by atoms with Gasteiger partial charge in [0.15, 0.2) is 5.82 Å². The van der Waals surface area contributed by atoms with Crippen LogP contribution in [0.3, 0.4) is 0 Å². The van der Waals surface area contributed by atoms with Crippen LogP contribution in [-0.4, -0.2) is 32.4 Å². The van der Waals surface area contributed by atoms with Crippen LogP contribution in [0.25, 0.3) is 5.52 Å². The van der Waals surface area contributed by atoms with Gasteiger partial charge in [-0.05, 0) is 13.0 Å². The highest BCUT2D eigenvalue weighted by atomic mass is 16.3. The molecule has 0 amide bonds. The fraction of sp³-hybridized carbons (Fsp3) is 0.538. The van der Waals surface area contributed by atoms with Gasteiger partial charge in [0.05, 0.1) is 11.8 Å². The summed E-state index contributed by atoms with van der Waals surface area (Å²) in [6.07, 6.45) is 3.13. The molecule has 2 rings (SSSR count). The van der Waals surface area contributed by atoms with Crippen molar-refractivity contribution in [2.75, 3.05) is 11.9 Å². The minimum atomic E-state index is -0.405. The first kappa shape index (κ1) is 12.8. The molecular weight excluding hydrogens is 228 g/mol. The minimum absolute atomic E-state index is 0.00750. The van der Waals surface area contributed by atoms with E-state index in [0.717, 1.165) is 17.0 Å². The van der Waals surface area contributed by atoms with Gasteiger partial charge in [0.2, 0.25) is 0 Å². The molecule has 0 aliphatic rings. The number of aromatic nitrogens is 3. The first-order valence-electron chi connectivity index (χ1n) is 6.15. The van der Waals surface area contributed by atoms with E-state index in [4.69, 9.17) is 0 Å². The van der Waals surface area contributed by atoms with Crippen molar-refractivity contribution in [1.82, 2.24) is 14.6 Å². The van der Waals surface area contributed by atoms with E-state index >= 15 is 0 Å². The zero-order valence-corrected chi connectivity index (χ0v) is 11.3. The molecule has 0 radical (unpaired) electrons. The number of hydrogen-bond donors (Lipinski definition) is 2. The molecule has 0 aliphatic carbocycles. The number of nitrogens with zero attached hydrogens (tertiary/aromatic N) is 3. The smallest absolute Gasteiger partial charge is 0.152 e. The second kappa shape index (κ2) is 4.57. The van der Waals surface area contributed by atoms with Gasteiger partial charge in [-0.3, -0.25) is 0 Å². The lowest BCUT2D eigenvalue weighted by molar-refractivity contribution is 0.208. The Morgan fingerprint density at radius 3 is 2.78 bits per heavy atom. The van der Waals surface area contributed by atoms with E-state index < -0.39 is 6.10 Å². The van der Waals surface area contributed by atoms with E-state index in [1.54, 1.807) is 13.1 Å². The third-order valence-corrected chi connectivity index (χ3v) is 2.72. The van der Waals surface area contributed by atoms with Gasteiger partial charge in [-0.15, -0.1) is 0 Å². The Hall–Kier alpha value is -1.62. The van der Waals surface area contributed by atoms with Crippen molar-refractivity contribution in [3.63, 3.8) is 0 Å². The number of nitrogens with one attached hydrogen (secondary N) is 1. The van der Waals surface area contributed by atoms with Crippen LogP contribution in [0.2, 0.25) is 0 Å². The van der Waals surface area contributed by atoms with Crippen LogP contribution in [0, 0.1) is 0 Å². The highest BCUT2D eigenvalue weighted by molar-refractivity contribution is 5.68.